The molecule has 1 amide bonds. The number of hydrogen-bond acceptors (Lipinski definition) is 2. The Hall–Kier alpha value is -1.99. The van der Waals surface area contributed by atoms with Crippen molar-refractivity contribution in [3.8, 4) is 0 Å². The monoisotopic (exact) mass is 265 g/mol. The summed E-state index contributed by atoms with van der Waals surface area (Å²) in [7, 11) is 0. The van der Waals surface area contributed by atoms with Gasteiger partial charge in [0.1, 0.15) is 5.69 Å². The first-order chi connectivity index (χ1) is 8.36. The smallest absolute Gasteiger partial charge is 0.294 e. The molecule has 18 heavy (non-hydrogen) atoms. The summed E-state index contributed by atoms with van der Waals surface area (Å²) in [5, 5.41) is 0. The third-order valence-electron chi connectivity index (χ3n) is 2.50. The van der Waals surface area contributed by atoms with Crippen LogP contribution in [0.5, 0.6) is 0 Å². The summed E-state index contributed by atoms with van der Waals surface area (Å²) < 4.78 is 65.2. The fourth-order valence-corrected chi connectivity index (χ4v) is 1.62. The lowest BCUT2D eigenvalue weighted by atomic mass is 10.2. The van der Waals surface area contributed by atoms with Crippen molar-refractivity contribution in [2.75, 3.05) is 11.4 Å². The highest BCUT2D eigenvalue weighted by molar-refractivity contribution is 6.43. The molecule has 1 aliphatic heterocycles. The molecular weight excluding hydrogens is 261 g/mol. The maximum absolute atomic E-state index is 13.3. The van der Waals surface area contributed by atoms with Gasteiger partial charge in [0.2, 0.25) is 11.6 Å². The summed E-state index contributed by atoms with van der Waals surface area (Å²) >= 11 is 0. The predicted molar refractivity (Wildman–Crippen MR) is 48.2 cm³/mol. The lowest BCUT2D eigenvalue weighted by molar-refractivity contribution is -0.133. The third kappa shape index (κ3) is 1.56. The van der Waals surface area contributed by atoms with Crippen LogP contribution < -0.4 is 4.90 Å². The third-order valence-corrected chi connectivity index (χ3v) is 2.50. The van der Waals surface area contributed by atoms with Gasteiger partial charge in [0, 0.05) is 13.0 Å². The fourth-order valence-electron chi connectivity index (χ4n) is 1.62. The van der Waals surface area contributed by atoms with E-state index < -0.39 is 53.0 Å². The molecule has 1 aliphatic rings. The molecule has 0 saturated carbocycles. The van der Waals surface area contributed by atoms with Crippen molar-refractivity contribution in [1.29, 1.82) is 0 Å². The van der Waals surface area contributed by atoms with Gasteiger partial charge in [0.05, 0.1) is 0 Å². The molecule has 2 rings (SSSR count). The highest BCUT2D eigenvalue weighted by Gasteiger charge is 2.37. The van der Waals surface area contributed by atoms with E-state index >= 15 is 0 Å². The molecule has 1 aromatic rings. The molecule has 1 aromatic carbocycles. The van der Waals surface area contributed by atoms with Crippen LogP contribution in [0.25, 0.3) is 0 Å². The molecule has 1 fully saturated rings. The first kappa shape index (κ1) is 12.5. The zero-order chi connectivity index (χ0) is 13.6. The van der Waals surface area contributed by atoms with Crippen molar-refractivity contribution in [1.82, 2.24) is 0 Å². The Balaban J connectivity index is 2.66. The molecule has 3 nitrogen and oxygen atoms in total. The second-order valence-corrected chi connectivity index (χ2v) is 3.55. The van der Waals surface area contributed by atoms with E-state index in [1.54, 1.807) is 0 Å². The summed E-state index contributed by atoms with van der Waals surface area (Å²) in [6.45, 7) is -0.421. The Bertz CT molecular complexity index is 543. The number of amides is 1. The van der Waals surface area contributed by atoms with Gasteiger partial charge in [-0.1, -0.05) is 0 Å². The molecular formula is C10H4F5NO2. The molecule has 8 heteroatoms. The molecule has 0 atom stereocenters. The Kier molecular flexibility index (Phi) is 2.80. The maximum Gasteiger partial charge on any atom is 0.294 e. The van der Waals surface area contributed by atoms with Gasteiger partial charge in [-0.2, -0.15) is 0 Å². The lowest BCUT2D eigenvalue weighted by Crippen LogP contribution is -2.30. The van der Waals surface area contributed by atoms with E-state index in [-0.39, 0.29) is 11.3 Å². The van der Waals surface area contributed by atoms with E-state index in [0.717, 1.165) is 0 Å². The SMILES string of the molecule is O=C1CCN(c2c(F)c(F)c(F)c(F)c2F)C1=O. The Morgan fingerprint density at radius 3 is 1.61 bits per heavy atom. The summed E-state index contributed by atoms with van der Waals surface area (Å²) in [5.74, 6) is -13.1. The van der Waals surface area contributed by atoms with Crippen molar-refractivity contribution < 1.29 is 31.5 Å². The summed E-state index contributed by atoms with van der Waals surface area (Å²) in [5.41, 5.74) is -1.39. The molecule has 0 radical (unpaired) electrons. The van der Waals surface area contributed by atoms with Crippen molar-refractivity contribution in [2.45, 2.75) is 6.42 Å². The van der Waals surface area contributed by atoms with E-state index in [1.807, 2.05) is 0 Å². The van der Waals surface area contributed by atoms with Gasteiger partial charge in [0.25, 0.3) is 5.91 Å². The van der Waals surface area contributed by atoms with Crippen LogP contribution in [-0.2, 0) is 9.59 Å². The van der Waals surface area contributed by atoms with Crippen molar-refractivity contribution in [2.24, 2.45) is 0 Å². The molecule has 0 aliphatic carbocycles. The Morgan fingerprint density at radius 1 is 0.778 bits per heavy atom. The number of carbonyl (C=O) groups excluding carboxylic acids is 2. The van der Waals surface area contributed by atoms with Gasteiger partial charge in [-0.25, -0.2) is 22.0 Å². The van der Waals surface area contributed by atoms with E-state index in [4.69, 9.17) is 0 Å². The predicted octanol–water partition coefficient (Wildman–Crippen LogP) is 1.69. The quantitative estimate of drug-likeness (QED) is 0.335. The molecule has 0 bridgehead atoms. The number of anilines is 1. The molecule has 1 heterocycles. The first-order valence-electron chi connectivity index (χ1n) is 4.72. The van der Waals surface area contributed by atoms with Gasteiger partial charge in [-0.05, 0) is 0 Å². The first-order valence-corrected chi connectivity index (χ1v) is 4.72. The fraction of sp³-hybridized carbons (Fsp3) is 0.200. The summed E-state index contributed by atoms with van der Waals surface area (Å²) in [6, 6.07) is 0. The average Bonchev–Trinajstić information content (AvgIpc) is 2.66. The van der Waals surface area contributed by atoms with E-state index in [0.29, 0.717) is 0 Å². The Labute approximate surface area is 96.8 Å². The van der Waals surface area contributed by atoms with Crippen LogP contribution in [0.1, 0.15) is 6.42 Å². The van der Waals surface area contributed by atoms with Crippen LogP contribution in [0, 0.1) is 29.1 Å². The summed E-state index contributed by atoms with van der Waals surface area (Å²) in [4.78, 5) is 22.4. The van der Waals surface area contributed by atoms with Gasteiger partial charge in [0.15, 0.2) is 23.3 Å². The topological polar surface area (TPSA) is 37.4 Å². The number of carbonyl (C=O) groups is 2. The largest absolute Gasteiger partial charge is 0.300 e. The second-order valence-electron chi connectivity index (χ2n) is 3.55. The minimum atomic E-state index is -2.31. The van der Waals surface area contributed by atoms with E-state index in [9.17, 15) is 31.5 Å². The van der Waals surface area contributed by atoms with E-state index in [2.05, 4.69) is 0 Å². The van der Waals surface area contributed by atoms with Crippen LogP contribution in [0.2, 0.25) is 0 Å². The molecule has 96 valence electrons. The highest BCUT2D eigenvalue weighted by atomic mass is 19.2. The van der Waals surface area contributed by atoms with Crippen molar-refractivity contribution in [3.63, 3.8) is 0 Å². The normalized spacial score (nSPS) is 15.7. The summed E-state index contributed by atoms with van der Waals surface area (Å²) in [6.07, 6.45) is -0.335. The van der Waals surface area contributed by atoms with Gasteiger partial charge < -0.3 is 0 Å². The Morgan fingerprint density at radius 2 is 1.22 bits per heavy atom. The number of ketones is 1. The van der Waals surface area contributed by atoms with Gasteiger partial charge in [-0.15, -0.1) is 0 Å². The second kappa shape index (κ2) is 4.04. The van der Waals surface area contributed by atoms with Crippen LogP contribution in [0.15, 0.2) is 0 Å². The van der Waals surface area contributed by atoms with Gasteiger partial charge >= 0.3 is 0 Å². The number of halogens is 5. The number of benzene rings is 1. The highest BCUT2D eigenvalue weighted by Crippen LogP contribution is 2.31. The van der Waals surface area contributed by atoms with Crippen molar-refractivity contribution in [3.05, 3.63) is 29.1 Å². The number of nitrogens with zero attached hydrogens (tertiary/aromatic N) is 1. The standard InChI is InChI=1S/C10H4F5NO2/c11-4-5(12)7(14)9(8(15)6(4)13)16-2-1-3(17)10(16)18/h1-2H2. The molecule has 1 saturated heterocycles. The van der Waals surface area contributed by atoms with Crippen LogP contribution in [0.3, 0.4) is 0 Å². The van der Waals surface area contributed by atoms with E-state index in [1.165, 1.54) is 0 Å². The van der Waals surface area contributed by atoms with Crippen LogP contribution in [0.4, 0.5) is 27.6 Å². The number of Topliss-reactive ketones (excluding diaryl/α,β-unsaturated/α-hetero) is 1. The van der Waals surface area contributed by atoms with Crippen molar-refractivity contribution >= 4 is 17.4 Å². The number of rotatable bonds is 1. The maximum atomic E-state index is 13.3. The zero-order valence-electron chi connectivity index (χ0n) is 8.57. The zero-order valence-corrected chi connectivity index (χ0v) is 8.57. The molecule has 0 aromatic heterocycles. The van der Waals surface area contributed by atoms with Crippen LogP contribution in [-0.4, -0.2) is 18.2 Å². The van der Waals surface area contributed by atoms with Crippen LogP contribution >= 0.6 is 0 Å². The minimum absolute atomic E-state index is 0.249. The molecule has 0 unspecified atom stereocenters. The number of hydrogen-bond donors (Lipinski definition) is 0. The lowest BCUT2D eigenvalue weighted by Gasteiger charge is -2.17. The minimum Gasteiger partial charge on any atom is -0.300 e. The molecule has 0 spiro atoms. The average molecular weight is 265 g/mol. The van der Waals surface area contributed by atoms with Gasteiger partial charge in [-0.3, -0.25) is 14.5 Å². The molecule has 0 N–H and O–H groups in total.